The Morgan fingerprint density at radius 3 is 0.818 bits per heavy atom. The third-order valence-corrected chi connectivity index (χ3v) is 14.1. The molecular formula is C71H122O6. The molecule has 0 fully saturated rings. The molecule has 0 aliphatic heterocycles. The number of hydrogen-bond donors (Lipinski definition) is 0. The lowest BCUT2D eigenvalue weighted by Crippen LogP contribution is -2.30. The minimum Gasteiger partial charge on any atom is -0.462 e. The predicted molar refractivity (Wildman–Crippen MR) is 334 cm³/mol. The number of ether oxygens (including phenoxy) is 3. The Hall–Kier alpha value is -3.67. The molecule has 0 amide bonds. The van der Waals surface area contributed by atoms with Crippen LogP contribution in [0.1, 0.15) is 316 Å². The second-order valence-corrected chi connectivity index (χ2v) is 21.6. The van der Waals surface area contributed by atoms with Gasteiger partial charge >= 0.3 is 17.9 Å². The van der Waals surface area contributed by atoms with Gasteiger partial charge < -0.3 is 14.2 Å². The third kappa shape index (κ3) is 63.0. The predicted octanol–water partition coefficient (Wildman–Crippen LogP) is 22.4. The van der Waals surface area contributed by atoms with E-state index >= 15 is 0 Å². The van der Waals surface area contributed by atoms with Crippen molar-refractivity contribution in [1.29, 1.82) is 0 Å². The maximum Gasteiger partial charge on any atom is 0.306 e. The molecule has 0 aliphatic carbocycles. The maximum absolute atomic E-state index is 12.9. The van der Waals surface area contributed by atoms with Crippen molar-refractivity contribution in [2.75, 3.05) is 13.2 Å². The van der Waals surface area contributed by atoms with E-state index in [0.29, 0.717) is 19.3 Å². The van der Waals surface area contributed by atoms with E-state index in [-0.39, 0.29) is 31.1 Å². The van der Waals surface area contributed by atoms with Crippen LogP contribution in [0.2, 0.25) is 0 Å². The van der Waals surface area contributed by atoms with E-state index < -0.39 is 6.10 Å². The number of allylic oxidation sites excluding steroid dienone is 16. The highest BCUT2D eigenvalue weighted by Gasteiger charge is 2.19. The van der Waals surface area contributed by atoms with Crippen molar-refractivity contribution in [2.24, 2.45) is 0 Å². The molecule has 0 spiro atoms. The van der Waals surface area contributed by atoms with Gasteiger partial charge in [0.1, 0.15) is 13.2 Å². The first-order valence-corrected chi connectivity index (χ1v) is 32.7. The van der Waals surface area contributed by atoms with E-state index in [4.69, 9.17) is 14.2 Å². The summed E-state index contributed by atoms with van der Waals surface area (Å²) >= 11 is 0. The van der Waals surface area contributed by atoms with Crippen LogP contribution in [0.3, 0.4) is 0 Å². The summed E-state index contributed by atoms with van der Waals surface area (Å²) in [5.74, 6) is -0.919. The lowest BCUT2D eigenvalue weighted by molar-refractivity contribution is -0.167. The van der Waals surface area contributed by atoms with Crippen molar-refractivity contribution in [3.63, 3.8) is 0 Å². The molecule has 442 valence electrons. The number of carbonyl (C=O) groups excluding carboxylic acids is 3. The number of esters is 3. The van der Waals surface area contributed by atoms with Crippen LogP contribution in [0.15, 0.2) is 97.2 Å². The van der Waals surface area contributed by atoms with Crippen LogP contribution in [0.4, 0.5) is 0 Å². The van der Waals surface area contributed by atoms with Gasteiger partial charge in [-0.25, -0.2) is 0 Å². The van der Waals surface area contributed by atoms with Crippen LogP contribution in [0.25, 0.3) is 0 Å². The third-order valence-electron chi connectivity index (χ3n) is 14.1. The van der Waals surface area contributed by atoms with Gasteiger partial charge in [-0.1, -0.05) is 291 Å². The van der Waals surface area contributed by atoms with Gasteiger partial charge in [0, 0.05) is 19.3 Å². The minimum absolute atomic E-state index is 0.0903. The van der Waals surface area contributed by atoms with E-state index in [1.165, 1.54) is 161 Å². The van der Waals surface area contributed by atoms with Gasteiger partial charge in [0.05, 0.1) is 0 Å². The molecular weight excluding hydrogens is 949 g/mol. The smallest absolute Gasteiger partial charge is 0.306 e. The van der Waals surface area contributed by atoms with Crippen molar-refractivity contribution in [2.45, 2.75) is 322 Å². The number of rotatable bonds is 59. The highest BCUT2D eigenvalue weighted by molar-refractivity contribution is 5.71. The van der Waals surface area contributed by atoms with Gasteiger partial charge in [-0.15, -0.1) is 0 Å². The molecule has 0 saturated heterocycles. The molecule has 0 radical (unpaired) electrons. The van der Waals surface area contributed by atoms with Gasteiger partial charge in [0.25, 0.3) is 0 Å². The van der Waals surface area contributed by atoms with Crippen molar-refractivity contribution >= 4 is 17.9 Å². The molecule has 0 N–H and O–H groups in total. The highest BCUT2D eigenvalue weighted by atomic mass is 16.6. The standard InChI is InChI=1S/C71H122O6/c1-4-7-10-13-16-19-22-25-28-30-32-34-35-36-37-38-40-41-43-46-49-52-55-58-61-64-70(73)76-67-68(66-75-69(72)63-60-57-54-51-48-45-27-24-21-18-15-12-9-6-3)77-71(74)65-62-59-56-53-50-47-44-42-39-33-31-29-26-23-20-17-14-11-8-5-2/h7,10,16,19,24-25,27-28,32,34,36-37,40-41,46,49,68H,4-6,8-9,11-15,17-18,20-23,26,29-31,33,35,38-39,42-45,47-48,50-67H2,1-3H3/b10-7-,19-16-,27-24-,28-25-,34-32-,37-36-,41-40-,49-46-. The molecule has 0 saturated carbocycles. The van der Waals surface area contributed by atoms with Gasteiger partial charge in [-0.2, -0.15) is 0 Å². The second-order valence-electron chi connectivity index (χ2n) is 21.6. The van der Waals surface area contributed by atoms with Crippen LogP contribution >= 0.6 is 0 Å². The molecule has 0 aromatic carbocycles. The molecule has 0 aromatic rings. The lowest BCUT2D eigenvalue weighted by Gasteiger charge is -2.18. The number of carbonyl (C=O) groups is 3. The summed E-state index contributed by atoms with van der Waals surface area (Å²) in [6.45, 7) is 6.52. The fourth-order valence-corrected chi connectivity index (χ4v) is 9.18. The summed E-state index contributed by atoms with van der Waals surface area (Å²) in [5.41, 5.74) is 0. The monoisotopic (exact) mass is 1070 g/mol. The van der Waals surface area contributed by atoms with Crippen LogP contribution in [0, 0.1) is 0 Å². The lowest BCUT2D eigenvalue weighted by atomic mass is 10.0. The Balaban J connectivity index is 4.41. The molecule has 6 heteroatoms. The van der Waals surface area contributed by atoms with E-state index in [1.54, 1.807) is 0 Å². The average Bonchev–Trinajstić information content (AvgIpc) is 3.43. The van der Waals surface area contributed by atoms with E-state index in [0.717, 1.165) is 116 Å². The topological polar surface area (TPSA) is 78.9 Å². The summed E-state index contributed by atoms with van der Waals surface area (Å²) in [7, 11) is 0. The van der Waals surface area contributed by atoms with Crippen molar-refractivity contribution in [3.05, 3.63) is 97.2 Å². The summed E-state index contributed by atoms with van der Waals surface area (Å²) < 4.78 is 16.9. The second kappa shape index (κ2) is 64.9. The fourth-order valence-electron chi connectivity index (χ4n) is 9.18. The molecule has 0 heterocycles. The molecule has 0 aromatic heterocycles. The zero-order valence-electron chi connectivity index (χ0n) is 50.7. The van der Waals surface area contributed by atoms with Crippen molar-refractivity contribution in [3.8, 4) is 0 Å². The summed E-state index contributed by atoms with van der Waals surface area (Å²) in [6.07, 6.45) is 87.0. The van der Waals surface area contributed by atoms with Gasteiger partial charge in [0.2, 0.25) is 0 Å². The zero-order chi connectivity index (χ0) is 55.7. The van der Waals surface area contributed by atoms with E-state index in [9.17, 15) is 14.4 Å². The molecule has 0 bridgehead atoms. The maximum atomic E-state index is 12.9. The Morgan fingerprint density at radius 2 is 0.506 bits per heavy atom. The largest absolute Gasteiger partial charge is 0.462 e. The molecule has 6 nitrogen and oxygen atoms in total. The highest BCUT2D eigenvalue weighted by Crippen LogP contribution is 2.17. The first-order chi connectivity index (χ1) is 38.0. The van der Waals surface area contributed by atoms with Gasteiger partial charge in [0.15, 0.2) is 6.10 Å². The molecule has 1 unspecified atom stereocenters. The van der Waals surface area contributed by atoms with Crippen LogP contribution in [-0.4, -0.2) is 37.2 Å². The molecule has 0 aliphatic rings. The normalized spacial score (nSPS) is 12.7. The van der Waals surface area contributed by atoms with E-state index in [2.05, 4.69) is 118 Å². The Kier molecular flexibility index (Phi) is 61.8. The average molecular weight is 1070 g/mol. The molecule has 77 heavy (non-hydrogen) atoms. The Bertz CT molecular complexity index is 1510. The summed E-state index contributed by atoms with van der Waals surface area (Å²) in [6, 6.07) is 0. The number of unbranched alkanes of at least 4 members (excludes halogenated alkanes) is 32. The minimum atomic E-state index is -0.795. The summed E-state index contributed by atoms with van der Waals surface area (Å²) in [4.78, 5) is 38.3. The van der Waals surface area contributed by atoms with Crippen LogP contribution in [-0.2, 0) is 28.6 Å². The Labute approximate surface area is 477 Å². The van der Waals surface area contributed by atoms with Gasteiger partial charge in [-0.3, -0.25) is 14.4 Å². The van der Waals surface area contributed by atoms with Crippen molar-refractivity contribution < 1.29 is 28.6 Å². The quantitative estimate of drug-likeness (QED) is 0.0261. The number of hydrogen-bond acceptors (Lipinski definition) is 6. The summed E-state index contributed by atoms with van der Waals surface area (Å²) in [5, 5.41) is 0. The van der Waals surface area contributed by atoms with Crippen molar-refractivity contribution in [1.82, 2.24) is 0 Å². The van der Waals surface area contributed by atoms with E-state index in [1.807, 2.05) is 0 Å². The molecule has 0 rings (SSSR count). The van der Waals surface area contributed by atoms with Crippen LogP contribution in [0.5, 0.6) is 0 Å². The molecule has 1 atom stereocenters. The first kappa shape index (κ1) is 73.3. The first-order valence-electron chi connectivity index (χ1n) is 32.7. The zero-order valence-corrected chi connectivity index (χ0v) is 50.7. The van der Waals surface area contributed by atoms with Crippen LogP contribution < -0.4 is 0 Å². The SMILES string of the molecule is CC/C=C\C/C=C\C/C=C\C/C=C\C/C=C\C/C=C\C/C=C\CCCCCC(=O)OCC(COC(=O)CCCCCCC/C=C\CCCCCCC)OC(=O)CCCCCCCCCCCCCCCCCCCCCC. The Morgan fingerprint density at radius 1 is 0.273 bits per heavy atom. The van der Waals surface area contributed by atoms with Gasteiger partial charge in [-0.05, 0) is 103 Å². The fraction of sp³-hybridized carbons (Fsp3) is 0.732.